The molecule has 0 aliphatic heterocycles. The number of rotatable bonds is 10. The molecule has 0 saturated heterocycles. The minimum absolute atomic E-state index is 0.0960. The highest BCUT2D eigenvalue weighted by Crippen LogP contribution is 2.18. The number of aromatic amines is 1. The predicted octanol–water partition coefficient (Wildman–Crippen LogP) is 2.62. The van der Waals surface area contributed by atoms with Crippen molar-refractivity contribution in [3.8, 4) is 0 Å². The van der Waals surface area contributed by atoms with Crippen molar-refractivity contribution in [1.82, 2.24) is 14.2 Å². The molecule has 2 aromatic rings. The zero-order valence-electron chi connectivity index (χ0n) is 15.9. The average molecular weight is 380 g/mol. The Hall–Kier alpha value is -1.86. The Labute approximate surface area is 156 Å². The molecule has 0 radical (unpaired) electrons. The quantitative estimate of drug-likeness (QED) is 0.690. The highest BCUT2D eigenvalue weighted by molar-refractivity contribution is 7.88. The molecule has 1 aromatic carbocycles. The van der Waals surface area contributed by atoms with Crippen molar-refractivity contribution in [2.24, 2.45) is 0 Å². The zero-order chi connectivity index (χ0) is 19.2. The molecule has 1 amide bonds. The lowest BCUT2D eigenvalue weighted by Gasteiger charge is -2.26. The topological polar surface area (TPSA) is 73.5 Å². The third-order valence-electron chi connectivity index (χ3n) is 4.43. The minimum atomic E-state index is -3.45. The van der Waals surface area contributed by atoms with Gasteiger partial charge in [0.1, 0.15) is 0 Å². The van der Waals surface area contributed by atoms with Gasteiger partial charge >= 0.3 is 0 Å². The zero-order valence-corrected chi connectivity index (χ0v) is 16.7. The monoisotopic (exact) mass is 379 g/mol. The summed E-state index contributed by atoms with van der Waals surface area (Å²) in [6.45, 7) is 5.54. The van der Waals surface area contributed by atoms with E-state index in [-0.39, 0.29) is 12.5 Å². The molecular formula is C19H29N3O3S. The molecular weight excluding hydrogens is 350 g/mol. The molecule has 0 aliphatic carbocycles. The second-order valence-corrected chi connectivity index (χ2v) is 8.57. The van der Waals surface area contributed by atoms with Gasteiger partial charge in [-0.3, -0.25) is 4.79 Å². The number of carbonyl (C=O) groups is 1. The minimum Gasteiger partial charge on any atom is -0.361 e. The first-order chi connectivity index (χ1) is 12.4. The maximum absolute atomic E-state index is 12.6. The van der Waals surface area contributed by atoms with Crippen LogP contribution in [-0.2, 0) is 21.2 Å². The fourth-order valence-corrected chi connectivity index (χ4v) is 3.87. The van der Waals surface area contributed by atoms with E-state index in [4.69, 9.17) is 0 Å². The molecule has 0 spiro atoms. The predicted molar refractivity (Wildman–Crippen MR) is 106 cm³/mol. The van der Waals surface area contributed by atoms with Gasteiger partial charge < -0.3 is 9.88 Å². The Kier molecular flexibility index (Phi) is 7.23. The van der Waals surface area contributed by atoms with Gasteiger partial charge in [0.25, 0.3) is 0 Å². The van der Waals surface area contributed by atoms with Gasteiger partial charge in [-0.15, -0.1) is 0 Å². The number of fused-ring (bicyclic) bond motifs is 1. The van der Waals surface area contributed by atoms with Crippen LogP contribution in [0.3, 0.4) is 0 Å². The van der Waals surface area contributed by atoms with E-state index >= 15 is 0 Å². The van der Waals surface area contributed by atoms with E-state index in [0.717, 1.165) is 29.3 Å². The van der Waals surface area contributed by atoms with E-state index in [0.29, 0.717) is 26.1 Å². The number of hydrogen-bond acceptors (Lipinski definition) is 3. The van der Waals surface area contributed by atoms with Crippen molar-refractivity contribution >= 4 is 26.8 Å². The molecule has 1 heterocycles. The summed E-state index contributed by atoms with van der Waals surface area (Å²) in [5.41, 5.74) is 2.09. The molecule has 7 heteroatoms. The SMILES string of the molecule is CCCN(CCC)C(=O)CN(CCc1c[nH]c2ccccc12)S(C)(=O)=O. The van der Waals surface area contributed by atoms with Gasteiger partial charge in [-0.2, -0.15) is 4.31 Å². The van der Waals surface area contributed by atoms with Crippen LogP contribution in [0.15, 0.2) is 30.5 Å². The number of sulfonamides is 1. The molecule has 6 nitrogen and oxygen atoms in total. The number of carbonyl (C=O) groups excluding carboxylic acids is 1. The van der Waals surface area contributed by atoms with Crippen LogP contribution in [0.1, 0.15) is 32.3 Å². The molecule has 1 N–H and O–H groups in total. The number of aromatic nitrogens is 1. The molecule has 0 unspecified atom stereocenters. The fraction of sp³-hybridized carbons (Fsp3) is 0.526. The van der Waals surface area contributed by atoms with Crippen LogP contribution >= 0.6 is 0 Å². The van der Waals surface area contributed by atoms with Crippen molar-refractivity contribution in [2.45, 2.75) is 33.1 Å². The van der Waals surface area contributed by atoms with E-state index in [9.17, 15) is 13.2 Å². The summed E-state index contributed by atoms with van der Waals surface area (Å²) in [7, 11) is -3.45. The lowest BCUT2D eigenvalue weighted by molar-refractivity contribution is -0.131. The van der Waals surface area contributed by atoms with E-state index in [1.165, 1.54) is 10.6 Å². The second-order valence-electron chi connectivity index (χ2n) is 6.59. The first kappa shape index (κ1) is 20.5. The largest absolute Gasteiger partial charge is 0.361 e. The van der Waals surface area contributed by atoms with Gasteiger partial charge in [0, 0.05) is 36.7 Å². The summed E-state index contributed by atoms with van der Waals surface area (Å²) in [5, 5.41) is 1.09. The lowest BCUT2D eigenvalue weighted by atomic mass is 10.1. The van der Waals surface area contributed by atoms with Gasteiger partial charge in [0.15, 0.2) is 0 Å². The van der Waals surface area contributed by atoms with Gasteiger partial charge in [-0.05, 0) is 30.9 Å². The molecule has 0 bridgehead atoms. The van der Waals surface area contributed by atoms with Gasteiger partial charge in [-0.1, -0.05) is 32.0 Å². The van der Waals surface area contributed by atoms with Crippen LogP contribution < -0.4 is 0 Å². The Morgan fingerprint density at radius 1 is 1.08 bits per heavy atom. The number of nitrogens with one attached hydrogen (secondary N) is 1. The van der Waals surface area contributed by atoms with E-state index in [1.807, 2.05) is 44.3 Å². The van der Waals surface area contributed by atoms with Crippen molar-refractivity contribution in [1.29, 1.82) is 0 Å². The Morgan fingerprint density at radius 2 is 1.73 bits per heavy atom. The van der Waals surface area contributed by atoms with Crippen molar-refractivity contribution in [2.75, 3.05) is 32.4 Å². The summed E-state index contributed by atoms with van der Waals surface area (Å²) >= 11 is 0. The average Bonchev–Trinajstić information content (AvgIpc) is 3.00. The summed E-state index contributed by atoms with van der Waals surface area (Å²) in [5.74, 6) is -0.127. The maximum atomic E-state index is 12.6. The number of hydrogen-bond donors (Lipinski definition) is 1. The Morgan fingerprint density at radius 3 is 2.35 bits per heavy atom. The third kappa shape index (κ3) is 5.32. The standard InChI is InChI=1S/C19H29N3O3S/c1-4-11-21(12-5-2)19(23)15-22(26(3,24)25)13-10-16-14-20-18-9-7-6-8-17(16)18/h6-9,14,20H,4-5,10-13,15H2,1-3H3. The molecule has 0 atom stereocenters. The molecule has 1 aromatic heterocycles. The lowest BCUT2D eigenvalue weighted by Crippen LogP contribution is -2.43. The molecule has 0 fully saturated rings. The van der Waals surface area contributed by atoms with E-state index in [1.54, 1.807) is 4.90 Å². The molecule has 0 saturated carbocycles. The Bertz CT molecular complexity index is 823. The van der Waals surface area contributed by atoms with Crippen LogP contribution in [-0.4, -0.2) is 60.9 Å². The normalized spacial score (nSPS) is 12.0. The number of para-hydroxylation sites is 1. The Balaban J connectivity index is 2.09. The van der Waals surface area contributed by atoms with Crippen LogP contribution in [0.25, 0.3) is 10.9 Å². The number of nitrogens with zero attached hydrogens (tertiary/aromatic N) is 2. The maximum Gasteiger partial charge on any atom is 0.237 e. The number of benzene rings is 1. The van der Waals surface area contributed by atoms with Crippen molar-refractivity contribution < 1.29 is 13.2 Å². The van der Waals surface area contributed by atoms with E-state index < -0.39 is 10.0 Å². The van der Waals surface area contributed by atoms with Gasteiger partial charge in [0.05, 0.1) is 12.8 Å². The molecule has 26 heavy (non-hydrogen) atoms. The summed E-state index contributed by atoms with van der Waals surface area (Å²) < 4.78 is 25.6. The third-order valence-corrected chi connectivity index (χ3v) is 5.68. The fourth-order valence-electron chi connectivity index (χ4n) is 3.10. The van der Waals surface area contributed by atoms with Crippen LogP contribution in [0, 0.1) is 0 Å². The smallest absolute Gasteiger partial charge is 0.237 e. The number of amides is 1. The molecule has 144 valence electrons. The summed E-state index contributed by atoms with van der Waals surface area (Å²) in [6.07, 6.45) is 5.36. The highest BCUT2D eigenvalue weighted by atomic mass is 32.2. The van der Waals surface area contributed by atoms with Gasteiger partial charge in [0.2, 0.25) is 15.9 Å². The highest BCUT2D eigenvalue weighted by Gasteiger charge is 2.23. The first-order valence-corrected chi connectivity index (χ1v) is 11.0. The number of H-pyrrole nitrogens is 1. The molecule has 2 rings (SSSR count). The van der Waals surface area contributed by atoms with Crippen molar-refractivity contribution in [3.63, 3.8) is 0 Å². The first-order valence-electron chi connectivity index (χ1n) is 9.14. The van der Waals surface area contributed by atoms with Gasteiger partial charge in [-0.25, -0.2) is 8.42 Å². The van der Waals surface area contributed by atoms with Crippen LogP contribution in [0.2, 0.25) is 0 Å². The molecule has 0 aliphatic rings. The summed E-state index contributed by atoms with van der Waals surface area (Å²) in [4.78, 5) is 17.5. The van der Waals surface area contributed by atoms with E-state index in [2.05, 4.69) is 4.98 Å². The van der Waals surface area contributed by atoms with Crippen molar-refractivity contribution in [3.05, 3.63) is 36.0 Å². The summed E-state index contributed by atoms with van der Waals surface area (Å²) in [6, 6.07) is 7.93. The van der Waals surface area contributed by atoms with Crippen LogP contribution in [0.5, 0.6) is 0 Å². The second kappa shape index (κ2) is 9.19. The van der Waals surface area contributed by atoms with Crippen LogP contribution in [0.4, 0.5) is 0 Å².